The van der Waals surface area contributed by atoms with Crippen LogP contribution in [0, 0.1) is 17.8 Å². The molecule has 2 atom stereocenters. The summed E-state index contributed by atoms with van der Waals surface area (Å²) in [6.45, 7) is 16.5. The van der Waals surface area contributed by atoms with E-state index >= 15 is 0 Å². The van der Waals surface area contributed by atoms with Crippen LogP contribution in [-0.4, -0.2) is 86.1 Å². The highest BCUT2D eigenvalue weighted by atomic mass is 16.1. The number of nitrogens with one attached hydrogen (secondary N) is 1. The summed E-state index contributed by atoms with van der Waals surface area (Å²) in [4.78, 5) is 19.3. The van der Waals surface area contributed by atoms with Crippen molar-refractivity contribution in [3.8, 4) is 0 Å². The number of carbonyl (C=O) groups is 1. The Bertz CT molecular complexity index is 408. The van der Waals surface area contributed by atoms with Gasteiger partial charge in [-0.3, -0.25) is 4.79 Å². The number of nitrogens with zero attached hydrogens (tertiary/aromatic N) is 3. The molecule has 5 nitrogen and oxygen atoms in total. The highest BCUT2D eigenvalue weighted by molar-refractivity contribution is 5.75. The predicted octanol–water partition coefficient (Wildman–Crippen LogP) is 1.50. The van der Waals surface area contributed by atoms with Crippen molar-refractivity contribution in [1.82, 2.24) is 20.0 Å². The largest absolute Gasteiger partial charge is 0.356 e. The Balaban J connectivity index is 1.27. The molecule has 0 bridgehead atoms. The number of likely N-dealkylation sites (tertiary alicyclic amines) is 1. The second-order valence-corrected chi connectivity index (χ2v) is 8.40. The van der Waals surface area contributed by atoms with Crippen molar-refractivity contribution in [3.05, 3.63) is 0 Å². The number of piperazine rings is 1. The molecule has 1 N–H and O–H groups in total. The standard InChI is InChI=1S/C20H38N4O/c1-3-20(25)21-14-17-12-18-15-24(16-19(18)13-17)7-5-6-23-10-8-22(4-2)9-11-23/h17-19H,3-16H2,1-2H3,(H,21,25). The van der Waals surface area contributed by atoms with Gasteiger partial charge in [-0.05, 0) is 56.7 Å². The Morgan fingerprint density at radius 3 is 2.12 bits per heavy atom. The van der Waals surface area contributed by atoms with Crippen LogP contribution in [0.3, 0.4) is 0 Å². The molecule has 3 rings (SSSR count). The maximum Gasteiger partial charge on any atom is 0.219 e. The molecular weight excluding hydrogens is 312 g/mol. The fraction of sp³-hybridized carbons (Fsp3) is 0.950. The molecule has 3 fully saturated rings. The van der Waals surface area contributed by atoms with Gasteiger partial charge in [-0.15, -0.1) is 0 Å². The van der Waals surface area contributed by atoms with Gasteiger partial charge in [0, 0.05) is 52.2 Å². The molecular formula is C20H38N4O. The van der Waals surface area contributed by atoms with Crippen LogP contribution < -0.4 is 5.32 Å². The van der Waals surface area contributed by atoms with Crippen LogP contribution in [-0.2, 0) is 4.79 Å². The van der Waals surface area contributed by atoms with Crippen molar-refractivity contribution in [2.75, 3.05) is 65.4 Å². The van der Waals surface area contributed by atoms with Gasteiger partial charge >= 0.3 is 0 Å². The summed E-state index contributed by atoms with van der Waals surface area (Å²) in [5.41, 5.74) is 0. The van der Waals surface area contributed by atoms with Crippen molar-refractivity contribution in [3.63, 3.8) is 0 Å². The Hall–Kier alpha value is -0.650. The molecule has 5 heteroatoms. The topological polar surface area (TPSA) is 38.8 Å². The van der Waals surface area contributed by atoms with Crippen LogP contribution in [0.15, 0.2) is 0 Å². The molecule has 1 aliphatic carbocycles. The van der Waals surface area contributed by atoms with Crippen LogP contribution in [0.5, 0.6) is 0 Å². The molecule has 0 aromatic carbocycles. The zero-order chi connectivity index (χ0) is 17.6. The van der Waals surface area contributed by atoms with Crippen molar-refractivity contribution >= 4 is 5.91 Å². The lowest BCUT2D eigenvalue weighted by molar-refractivity contribution is -0.120. The van der Waals surface area contributed by atoms with Gasteiger partial charge in [0.2, 0.25) is 5.91 Å². The van der Waals surface area contributed by atoms with E-state index in [1.165, 1.54) is 78.2 Å². The number of hydrogen-bond acceptors (Lipinski definition) is 4. The summed E-state index contributed by atoms with van der Waals surface area (Å²) < 4.78 is 0. The molecule has 2 saturated heterocycles. The first kappa shape index (κ1) is 19.1. The van der Waals surface area contributed by atoms with Gasteiger partial charge in [-0.1, -0.05) is 13.8 Å². The molecule has 2 aliphatic heterocycles. The molecule has 3 aliphatic rings. The number of fused-ring (bicyclic) bond motifs is 1. The summed E-state index contributed by atoms with van der Waals surface area (Å²) in [5, 5.41) is 3.09. The number of hydrogen-bond donors (Lipinski definition) is 1. The normalized spacial score (nSPS) is 31.4. The average Bonchev–Trinajstić information content (AvgIpc) is 3.18. The van der Waals surface area contributed by atoms with E-state index in [0.29, 0.717) is 6.42 Å². The van der Waals surface area contributed by atoms with Gasteiger partial charge in [0.05, 0.1) is 0 Å². The summed E-state index contributed by atoms with van der Waals surface area (Å²) in [5.74, 6) is 2.70. The van der Waals surface area contributed by atoms with E-state index in [2.05, 4.69) is 26.9 Å². The Kier molecular flexibility index (Phi) is 7.14. The van der Waals surface area contributed by atoms with Gasteiger partial charge in [0.25, 0.3) is 0 Å². The summed E-state index contributed by atoms with van der Waals surface area (Å²) >= 11 is 0. The smallest absolute Gasteiger partial charge is 0.219 e. The van der Waals surface area contributed by atoms with E-state index in [0.717, 1.165) is 24.3 Å². The zero-order valence-electron chi connectivity index (χ0n) is 16.4. The lowest BCUT2D eigenvalue weighted by Gasteiger charge is -2.34. The lowest BCUT2D eigenvalue weighted by Crippen LogP contribution is -2.46. The van der Waals surface area contributed by atoms with Gasteiger partial charge in [0.15, 0.2) is 0 Å². The Morgan fingerprint density at radius 2 is 1.52 bits per heavy atom. The average molecular weight is 351 g/mol. The van der Waals surface area contributed by atoms with E-state index in [4.69, 9.17) is 0 Å². The van der Waals surface area contributed by atoms with Crippen LogP contribution in [0.2, 0.25) is 0 Å². The third kappa shape index (κ3) is 5.41. The van der Waals surface area contributed by atoms with E-state index in [1.807, 2.05) is 6.92 Å². The first-order valence-corrected chi connectivity index (χ1v) is 10.6. The third-order valence-corrected chi connectivity index (χ3v) is 6.69. The van der Waals surface area contributed by atoms with E-state index < -0.39 is 0 Å². The minimum Gasteiger partial charge on any atom is -0.356 e. The van der Waals surface area contributed by atoms with Crippen LogP contribution in [0.4, 0.5) is 0 Å². The minimum atomic E-state index is 0.207. The second-order valence-electron chi connectivity index (χ2n) is 8.40. The monoisotopic (exact) mass is 350 g/mol. The number of rotatable bonds is 8. The highest BCUT2D eigenvalue weighted by Gasteiger charge is 2.40. The molecule has 2 unspecified atom stereocenters. The molecule has 144 valence electrons. The molecule has 0 aromatic rings. The minimum absolute atomic E-state index is 0.207. The maximum absolute atomic E-state index is 11.4. The summed E-state index contributed by atoms with van der Waals surface area (Å²) in [7, 11) is 0. The van der Waals surface area contributed by atoms with Crippen molar-refractivity contribution in [2.45, 2.75) is 39.5 Å². The van der Waals surface area contributed by atoms with Gasteiger partial charge in [-0.2, -0.15) is 0 Å². The van der Waals surface area contributed by atoms with Crippen molar-refractivity contribution in [2.24, 2.45) is 17.8 Å². The third-order valence-electron chi connectivity index (χ3n) is 6.69. The maximum atomic E-state index is 11.4. The quantitative estimate of drug-likeness (QED) is 0.720. The fourth-order valence-electron chi connectivity index (χ4n) is 5.10. The molecule has 25 heavy (non-hydrogen) atoms. The fourth-order valence-corrected chi connectivity index (χ4v) is 5.10. The molecule has 0 spiro atoms. The molecule has 1 amide bonds. The predicted molar refractivity (Wildman–Crippen MR) is 103 cm³/mol. The SMILES string of the molecule is CCC(=O)NCC1CC2CN(CCCN3CCN(CC)CC3)CC2C1. The number of likely N-dealkylation sites (N-methyl/N-ethyl adjacent to an activating group) is 1. The second kappa shape index (κ2) is 9.33. The van der Waals surface area contributed by atoms with Crippen LogP contribution in [0.25, 0.3) is 0 Å². The first-order chi connectivity index (χ1) is 12.2. The van der Waals surface area contributed by atoms with Gasteiger partial charge in [0.1, 0.15) is 0 Å². The molecule has 2 heterocycles. The zero-order valence-corrected chi connectivity index (χ0v) is 16.4. The van der Waals surface area contributed by atoms with Crippen LogP contribution >= 0.6 is 0 Å². The Labute approximate surface area is 154 Å². The number of carbonyl (C=O) groups excluding carboxylic acids is 1. The lowest BCUT2D eigenvalue weighted by atomic mass is 10.0. The highest BCUT2D eigenvalue weighted by Crippen LogP contribution is 2.41. The van der Waals surface area contributed by atoms with Gasteiger partial charge < -0.3 is 20.0 Å². The first-order valence-electron chi connectivity index (χ1n) is 10.6. The Morgan fingerprint density at radius 1 is 0.920 bits per heavy atom. The van der Waals surface area contributed by atoms with Gasteiger partial charge in [-0.25, -0.2) is 0 Å². The molecule has 0 radical (unpaired) electrons. The summed E-state index contributed by atoms with van der Waals surface area (Å²) in [6.07, 6.45) is 4.58. The number of amides is 1. The van der Waals surface area contributed by atoms with E-state index in [-0.39, 0.29) is 5.91 Å². The molecule has 0 aromatic heterocycles. The summed E-state index contributed by atoms with van der Waals surface area (Å²) in [6, 6.07) is 0. The van der Waals surface area contributed by atoms with Crippen molar-refractivity contribution in [1.29, 1.82) is 0 Å². The van der Waals surface area contributed by atoms with E-state index in [9.17, 15) is 4.79 Å². The molecule has 1 saturated carbocycles. The van der Waals surface area contributed by atoms with Crippen molar-refractivity contribution < 1.29 is 4.79 Å². The van der Waals surface area contributed by atoms with Crippen LogP contribution in [0.1, 0.15) is 39.5 Å². The van der Waals surface area contributed by atoms with E-state index in [1.54, 1.807) is 0 Å².